The Morgan fingerprint density at radius 3 is 1.43 bits per heavy atom. The second-order valence-electron chi connectivity index (χ2n) is 10.4. The lowest BCUT2D eigenvalue weighted by Crippen LogP contribution is -2.66. The van der Waals surface area contributed by atoms with Crippen molar-refractivity contribution in [3.05, 3.63) is 156 Å². The molecule has 0 bridgehead atoms. The Hall–Kier alpha value is -4.80. The second-order valence-corrected chi connectivity index (χ2v) is 11.3. The van der Waals surface area contributed by atoms with Gasteiger partial charge >= 0.3 is 0 Å². The van der Waals surface area contributed by atoms with Gasteiger partial charge in [0.15, 0.2) is 5.13 Å². The fraction of sp³-hybridized carbons (Fsp3) is 0.0556. The van der Waals surface area contributed by atoms with Crippen molar-refractivity contribution in [3.8, 4) is 33.4 Å². The van der Waals surface area contributed by atoms with Crippen molar-refractivity contribution in [2.45, 2.75) is 11.5 Å². The van der Waals surface area contributed by atoms with E-state index in [0.717, 1.165) is 55.2 Å². The number of amides is 1. The van der Waals surface area contributed by atoms with Crippen LogP contribution in [0.15, 0.2) is 139 Å². The van der Waals surface area contributed by atoms with Crippen LogP contribution in [0.2, 0.25) is 0 Å². The number of rotatable bonds is 4. The number of carbonyl (C=O) groups excluding carboxylic acids is 1. The number of thiazole rings is 1. The maximum absolute atomic E-state index is 14.8. The third kappa shape index (κ3) is 3.30. The fourth-order valence-electron chi connectivity index (χ4n) is 6.49. The molecule has 1 amide bonds. The van der Waals surface area contributed by atoms with Crippen LogP contribution >= 0.6 is 11.3 Å². The van der Waals surface area contributed by atoms with Crippen molar-refractivity contribution in [2.24, 2.45) is 0 Å². The van der Waals surface area contributed by atoms with E-state index in [2.05, 4.69) is 114 Å². The van der Waals surface area contributed by atoms with Gasteiger partial charge < -0.3 is 0 Å². The van der Waals surface area contributed by atoms with E-state index in [9.17, 15) is 4.79 Å². The zero-order valence-electron chi connectivity index (χ0n) is 21.6. The molecule has 3 nitrogen and oxygen atoms in total. The zero-order valence-corrected chi connectivity index (χ0v) is 22.4. The molecular weight excluding hydrogens is 508 g/mol. The van der Waals surface area contributed by atoms with Crippen molar-refractivity contribution < 1.29 is 4.79 Å². The van der Waals surface area contributed by atoms with E-state index < -0.39 is 5.41 Å². The number of fused-ring (bicyclic) bond motifs is 3. The van der Waals surface area contributed by atoms with Gasteiger partial charge in [0.05, 0.1) is 6.04 Å². The summed E-state index contributed by atoms with van der Waals surface area (Å²) in [6.07, 6.45) is 1.78. The molecule has 0 N–H and O–H groups in total. The Balaban J connectivity index is 1.45. The van der Waals surface area contributed by atoms with Crippen molar-refractivity contribution in [3.63, 3.8) is 0 Å². The molecule has 6 aliphatic carbocycles. The van der Waals surface area contributed by atoms with Gasteiger partial charge in [-0.15, -0.1) is 11.3 Å². The number of hydrogen-bond donors (Lipinski definition) is 0. The summed E-state index contributed by atoms with van der Waals surface area (Å²) in [6, 6.07) is 44.3. The largest absolute Gasteiger partial charge is 0.278 e. The van der Waals surface area contributed by atoms with Crippen LogP contribution in [-0.4, -0.2) is 10.9 Å². The van der Waals surface area contributed by atoms with Gasteiger partial charge in [-0.3, -0.25) is 9.69 Å². The molecule has 1 aromatic heterocycles. The van der Waals surface area contributed by atoms with Gasteiger partial charge in [-0.2, -0.15) is 0 Å². The van der Waals surface area contributed by atoms with E-state index in [1.54, 1.807) is 6.20 Å². The molecule has 0 saturated carbocycles. The highest BCUT2D eigenvalue weighted by molar-refractivity contribution is 7.13. The zero-order chi connectivity index (χ0) is 26.7. The van der Waals surface area contributed by atoms with Gasteiger partial charge in [0.25, 0.3) is 0 Å². The normalized spacial score (nSPS) is 16.4. The maximum Gasteiger partial charge on any atom is 0.247 e. The Kier molecular flexibility index (Phi) is 5.13. The van der Waals surface area contributed by atoms with Crippen LogP contribution in [0.3, 0.4) is 0 Å². The van der Waals surface area contributed by atoms with Crippen molar-refractivity contribution >= 4 is 22.4 Å². The van der Waals surface area contributed by atoms with Crippen LogP contribution in [0.4, 0.5) is 5.13 Å². The Bertz CT molecular complexity index is 1740. The first kappa shape index (κ1) is 23.1. The van der Waals surface area contributed by atoms with E-state index >= 15 is 0 Å². The van der Waals surface area contributed by atoms with Gasteiger partial charge in [0.1, 0.15) is 5.41 Å². The first-order valence-corrected chi connectivity index (χ1v) is 14.3. The number of carbonyl (C=O) groups is 1. The smallest absolute Gasteiger partial charge is 0.247 e. The monoisotopic (exact) mass is 532 g/mol. The predicted octanol–water partition coefficient (Wildman–Crippen LogP) is 8.53. The molecule has 0 spiro atoms. The van der Waals surface area contributed by atoms with E-state index in [4.69, 9.17) is 0 Å². The van der Waals surface area contributed by atoms with Crippen LogP contribution in [0.25, 0.3) is 33.4 Å². The molecule has 1 fully saturated rings. The Morgan fingerprint density at radius 2 is 1.02 bits per heavy atom. The minimum Gasteiger partial charge on any atom is -0.278 e. The molecule has 190 valence electrons. The van der Waals surface area contributed by atoms with Gasteiger partial charge in [0.2, 0.25) is 5.91 Å². The highest BCUT2D eigenvalue weighted by Crippen LogP contribution is 2.60. The van der Waals surface area contributed by atoms with E-state index in [1.165, 1.54) is 11.3 Å². The van der Waals surface area contributed by atoms with Gasteiger partial charge in [0, 0.05) is 11.6 Å². The first-order valence-electron chi connectivity index (χ1n) is 13.4. The van der Waals surface area contributed by atoms with Crippen molar-refractivity contribution in [1.82, 2.24) is 4.98 Å². The molecule has 1 aliphatic heterocycles. The van der Waals surface area contributed by atoms with Gasteiger partial charge in [-0.05, 0) is 86.5 Å². The average Bonchev–Trinajstić information content (AvgIpc) is 3.70. The van der Waals surface area contributed by atoms with E-state index in [0.29, 0.717) is 0 Å². The van der Waals surface area contributed by atoms with Crippen LogP contribution in [0.5, 0.6) is 0 Å². The number of aromatic nitrogens is 1. The molecule has 0 radical (unpaired) electrons. The number of nitrogens with zero attached hydrogens (tertiary/aromatic N) is 2. The summed E-state index contributed by atoms with van der Waals surface area (Å²) >= 11 is 1.51. The predicted molar refractivity (Wildman–Crippen MR) is 162 cm³/mol. The molecular formula is C36H24N2OS. The summed E-state index contributed by atoms with van der Waals surface area (Å²) in [7, 11) is 0. The molecule has 8 rings (SSSR count). The minimum atomic E-state index is -0.895. The summed E-state index contributed by atoms with van der Waals surface area (Å²) in [5, 5.41) is 2.67. The quantitative estimate of drug-likeness (QED) is 0.213. The lowest BCUT2D eigenvalue weighted by Gasteiger charge is -2.55. The maximum atomic E-state index is 14.8. The number of anilines is 1. The van der Waals surface area contributed by atoms with Gasteiger partial charge in [-0.25, -0.2) is 4.98 Å². The van der Waals surface area contributed by atoms with Crippen molar-refractivity contribution in [2.75, 3.05) is 4.90 Å². The average molecular weight is 533 g/mol. The van der Waals surface area contributed by atoms with Crippen molar-refractivity contribution in [1.29, 1.82) is 0 Å². The Labute approximate surface area is 237 Å². The molecule has 40 heavy (non-hydrogen) atoms. The molecule has 1 saturated heterocycles. The molecule has 0 aromatic carbocycles. The summed E-state index contributed by atoms with van der Waals surface area (Å²) in [5.74, 6) is 0.0580. The highest BCUT2D eigenvalue weighted by atomic mass is 32.1. The van der Waals surface area contributed by atoms with E-state index in [1.807, 2.05) is 28.5 Å². The summed E-state index contributed by atoms with van der Waals surface area (Å²) in [6.45, 7) is 0. The third-order valence-corrected chi connectivity index (χ3v) is 9.06. The number of hydrogen-bond acceptors (Lipinski definition) is 3. The highest BCUT2D eigenvalue weighted by Gasteiger charge is 2.65. The van der Waals surface area contributed by atoms with Crippen LogP contribution in [0.1, 0.15) is 22.7 Å². The first-order chi connectivity index (χ1) is 19.7. The lowest BCUT2D eigenvalue weighted by molar-refractivity contribution is -0.131. The summed E-state index contributed by atoms with van der Waals surface area (Å²) in [5.41, 5.74) is 9.08. The molecule has 1 atom stereocenters. The van der Waals surface area contributed by atoms with Gasteiger partial charge in [-0.1, -0.05) is 91.0 Å². The fourth-order valence-corrected chi connectivity index (χ4v) is 7.16. The van der Waals surface area contributed by atoms with Crippen LogP contribution in [-0.2, 0) is 10.2 Å². The molecule has 4 heteroatoms. The summed E-state index contributed by atoms with van der Waals surface area (Å²) < 4.78 is 0. The SMILES string of the molecule is O=C1N(c2nccs2)C(c2cc3cccccc-3c2)C1(c1cc2cccccc-2c1)c1cc2cccccc-2c1. The van der Waals surface area contributed by atoms with Crippen LogP contribution in [0, 0.1) is 0 Å². The van der Waals surface area contributed by atoms with Crippen LogP contribution < -0.4 is 4.90 Å². The van der Waals surface area contributed by atoms with E-state index in [-0.39, 0.29) is 11.9 Å². The topological polar surface area (TPSA) is 33.2 Å². The lowest BCUT2D eigenvalue weighted by atomic mass is 9.61. The molecule has 1 aromatic rings. The molecule has 2 heterocycles. The third-order valence-electron chi connectivity index (χ3n) is 8.29. The number of β-lactam (4-membered cyclic amide) rings is 1. The Morgan fingerprint density at radius 1 is 0.600 bits per heavy atom. The second kappa shape index (κ2) is 8.87. The molecule has 1 unspecified atom stereocenters. The standard InChI is InChI=1S/C36H24N2OS/c39-34-36(31-20-26-12-6-2-7-13-27(26)21-31,32-22-28-14-8-3-9-15-29(28)23-32)33(38(34)35-37-16-17-40-35)30-18-24-10-4-1-5-11-25(24)19-30/h1-23,33H. The minimum absolute atomic E-state index is 0.0580. The molecule has 7 aliphatic rings. The summed E-state index contributed by atoms with van der Waals surface area (Å²) in [4.78, 5) is 21.3.